The van der Waals surface area contributed by atoms with Crippen LogP contribution in [-0.4, -0.2) is 5.11 Å². The van der Waals surface area contributed by atoms with Crippen LogP contribution in [0.1, 0.15) is 0 Å². The van der Waals surface area contributed by atoms with Crippen molar-refractivity contribution < 1.29 is 5.11 Å². The van der Waals surface area contributed by atoms with Gasteiger partial charge in [0.15, 0.2) is 0 Å². The van der Waals surface area contributed by atoms with Crippen molar-refractivity contribution in [3.63, 3.8) is 0 Å². The van der Waals surface area contributed by atoms with Crippen LogP contribution in [0.15, 0.2) is 23.1 Å². The molecule has 1 nitrogen and oxygen atoms in total. The van der Waals surface area contributed by atoms with Gasteiger partial charge in [0.2, 0.25) is 0 Å². The normalized spacial score (nSPS) is 9.56. The molecular weight excluding hydrogens is 156 g/mol. The van der Waals surface area contributed by atoms with Crippen LogP contribution in [0.5, 0.6) is 5.75 Å². The van der Waals surface area contributed by atoms with Gasteiger partial charge in [-0.05, 0) is 12.1 Å². The van der Waals surface area contributed by atoms with Gasteiger partial charge in [-0.15, -0.1) is 12.6 Å². The largest absolute Gasteiger partial charge is 0.507 e. The molecule has 1 N–H and O–H groups in total. The topological polar surface area (TPSA) is 20.2 Å². The van der Waals surface area contributed by atoms with Gasteiger partial charge in [0.1, 0.15) is 5.75 Å². The summed E-state index contributed by atoms with van der Waals surface area (Å²) < 4.78 is 0. The van der Waals surface area contributed by atoms with Crippen molar-refractivity contribution in [3.8, 4) is 5.75 Å². The minimum atomic E-state index is 0.117. The Morgan fingerprint density at radius 2 is 2.11 bits per heavy atom. The first-order valence-corrected chi connectivity index (χ1v) is 3.21. The highest BCUT2D eigenvalue weighted by atomic mass is 35.5. The van der Waals surface area contributed by atoms with Gasteiger partial charge in [0, 0.05) is 0 Å². The second kappa shape index (κ2) is 2.50. The summed E-state index contributed by atoms with van der Waals surface area (Å²) in [6.07, 6.45) is 0. The average molecular weight is 161 g/mol. The Bertz CT molecular complexity index is 204. The lowest BCUT2D eigenvalue weighted by atomic mass is 10.3. The second-order valence-corrected chi connectivity index (χ2v) is 2.46. The van der Waals surface area contributed by atoms with E-state index in [1.165, 1.54) is 6.07 Å². The monoisotopic (exact) mass is 160 g/mol. The van der Waals surface area contributed by atoms with Crippen LogP contribution in [-0.2, 0) is 0 Å². The van der Waals surface area contributed by atoms with Gasteiger partial charge in [-0.1, -0.05) is 17.7 Å². The summed E-state index contributed by atoms with van der Waals surface area (Å²) in [7, 11) is 0. The lowest BCUT2D eigenvalue weighted by molar-refractivity contribution is 0.463. The van der Waals surface area contributed by atoms with E-state index in [-0.39, 0.29) is 5.75 Å². The fourth-order valence-corrected chi connectivity index (χ4v) is 0.823. The fourth-order valence-electron chi connectivity index (χ4n) is 0.504. The molecule has 0 aliphatic heterocycles. The lowest BCUT2D eigenvalue weighted by Crippen LogP contribution is -1.69. The van der Waals surface area contributed by atoms with Crippen LogP contribution < -0.4 is 0 Å². The Kier molecular flexibility index (Phi) is 1.88. The first kappa shape index (κ1) is 6.78. The van der Waals surface area contributed by atoms with E-state index in [1.54, 1.807) is 12.1 Å². The first-order valence-electron chi connectivity index (χ1n) is 2.38. The Balaban J connectivity index is 3.25. The van der Waals surface area contributed by atoms with Crippen molar-refractivity contribution in [3.05, 3.63) is 23.2 Å². The maximum absolute atomic E-state index is 8.94. The molecule has 1 aromatic rings. The fraction of sp³-hybridized carbons (Fsp3) is 0. The third-order valence-electron chi connectivity index (χ3n) is 0.965. The van der Waals surface area contributed by atoms with Crippen LogP contribution in [0.2, 0.25) is 5.02 Å². The number of phenols is 1. The van der Waals surface area contributed by atoms with Gasteiger partial charge in [0.05, 0.1) is 9.92 Å². The van der Waals surface area contributed by atoms with E-state index < -0.39 is 0 Å². The summed E-state index contributed by atoms with van der Waals surface area (Å²) in [6, 6.07) is 4.87. The molecule has 1 aromatic carbocycles. The third kappa shape index (κ3) is 1.32. The molecule has 0 heterocycles. The zero-order valence-corrected chi connectivity index (χ0v) is 6.15. The molecule has 3 heteroatoms. The van der Waals surface area contributed by atoms with Gasteiger partial charge in [0.25, 0.3) is 0 Å². The maximum atomic E-state index is 8.94. The van der Waals surface area contributed by atoms with E-state index >= 15 is 0 Å². The lowest BCUT2D eigenvalue weighted by Gasteiger charge is -1.96. The number of hydrogen-bond acceptors (Lipinski definition) is 2. The molecule has 0 aliphatic rings. The summed E-state index contributed by atoms with van der Waals surface area (Å²) in [5.41, 5.74) is 0. The predicted molar refractivity (Wildman–Crippen MR) is 40.4 cm³/mol. The molecule has 0 spiro atoms. The van der Waals surface area contributed by atoms with Gasteiger partial charge in [-0.2, -0.15) is 0 Å². The van der Waals surface area contributed by atoms with E-state index in [4.69, 9.17) is 16.7 Å². The van der Waals surface area contributed by atoms with Crippen molar-refractivity contribution >= 4 is 24.2 Å². The van der Waals surface area contributed by atoms with E-state index in [2.05, 4.69) is 12.6 Å². The summed E-state index contributed by atoms with van der Waals surface area (Å²) in [4.78, 5) is 0.430. The number of aromatic hydroxyl groups is 1. The van der Waals surface area contributed by atoms with E-state index in [1.807, 2.05) is 0 Å². The summed E-state index contributed by atoms with van der Waals surface area (Å²) in [5, 5.41) is 9.41. The number of benzene rings is 1. The Labute approximate surface area is 63.7 Å². The molecule has 0 aromatic heterocycles. The smallest absolute Gasteiger partial charge is 0.130 e. The number of halogens is 1. The van der Waals surface area contributed by atoms with Crippen molar-refractivity contribution in [2.45, 2.75) is 4.90 Å². The maximum Gasteiger partial charge on any atom is 0.130 e. The number of rotatable bonds is 0. The highest BCUT2D eigenvalue weighted by Crippen LogP contribution is 2.27. The highest BCUT2D eigenvalue weighted by Gasteiger charge is 1.97. The molecular formula is C6H5ClOS. The minimum Gasteiger partial charge on any atom is -0.507 e. The Morgan fingerprint density at radius 1 is 1.44 bits per heavy atom. The average Bonchev–Trinajstić information content (AvgIpc) is 1.83. The molecule has 9 heavy (non-hydrogen) atoms. The molecule has 0 unspecified atom stereocenters. The van der Waals surface area contributed by atoms with Crippen LogP contribution in [0.25, 0.3) is 0 Å². The molecule has 0 radical (unpaired) electrons. The summed E-state index contributed by atoms with van der Waals surface area (Å²) >= 11 is 9.51. The second-order valence-electron chi connectivity index (χ2n) is 1.61. The van der Waals surface area contributed by atoms with Gasteiger partial charge in [-0.25, -0.2) is 0 Å². The number of phenolic OH excluding ortho intramolecular Hbond substituents is 1. The van der Waals surface area contributed by atoms with Crippen LogP contribution in [0.3, 0.4) is 0 Å². The highest BCUT2D eigenvalue weighted by molar-refractivity contribution is 7.80. The molecule has 0 saturated heterocycles. The molecule has 0 fully saturated rings. The van der Waals surface area contributed by atoms with Crippen molar-refractivity contribution in [2.24, 2.45) is 0 Å². The summed E-state index contributed by atoms with van der Waals surface area (Å²) in [6.45, 7) is 0. The molecule has 0 atom stereocenters. The molecule has 1 rings (SSSR count). The van der Waals surface area contributed by atoms with Crippen molar-refractivity contribution in [1.29, 1.82) is 0 Å². The Hall–Kier alpha value is -0.340. The standard InChI is InChI=1S/C6H5ClOS/c7-4-2-1-3-5(8)6(4)9/h1-3,8-9H. The third-order valence-corrected chi connectivity index (χ3v) is 1.88. The van der Waals surface area contributed by atoms with Gasteiger partial charge < -0.3 is 5.11 Å². The van der Waals surface area contributed by atoms with Gasteiger partial charge in [-0.3, -0.25) is 0 Å². The number of hydrogen-bond donors (Lipinski definition) is 2. The van der Waals surface area contributed by atoms with Crippen LogP contribution in [0.4, 0.5) is 0 Å². The van der Waals surface area contributed by atoms with E-state index in [9.17, 15) is 0 Å². The van der Waals surface area contributed by atoms with Crippen molar-refractivity contribution in [2.75, 3.05) is 0 Å². The molecule has 0 bridgehead atoms. The van der Waals surface area contributed by atoms with Crippen molar-refractivity contribution in [1.82, 2.24) is 0 Å². The molecule has 0 aliphatic carbocycles. The molecule has 48 valence electrons. The van der Waals surface area contributed by atoms with Crippen LogP contribution >= 0.6 is 24.2 Å². The number of thiol groups is 1. The van der Waals surface area contributed by atoms with Gasteiger partial charge >= 0.3 is 0 Å². The quantitative estimate of drug-likeness (QED) is 0.559. The minimum absolute atomic E-state index is 0.117. The molecule has 0 amide bonds. The summed E-state index contributed by atoms with van der Waals surface area (Å²) in [5.74, 6) is 0.117. The predicted octanol–water partition coefficient (Wildman–Crippen LogP) is 2.33. The first-order chi connectivity index (χ1) is 4.22. The van der Waals surface area contributed by atoms with E-state index in [0.29, 0.717) is 9.92 Å². The van der Waals surface area contributed by atoms with Crippen LogP contribution in [0, 0.1) is 0 Å². The zero-order valence-electron chi connectivity index (χ0n) is 4.50. The Morgan fingerprint density at radius 3 is 2.56 bits per heavy atom. The molecule has 0 saturated carbocycles. The van der Waals surface area contributed by atoms with E-state index in [0.717, 1.165) is 0 Å². The zero-order chi connectivity index (χ0) is 6.85. The SMILES string of the molecule is Oc1cccc(Cl)c1S.